The minimum Gasteiger partial charge on any atom is -0.350 e. The number of aromatic nitrogens is 1. The fraction of sp³-hybridized carbons (Fsp3) is 0.308. The van der Waals surface area contributed by atoms with Gasteiger partial charge < -0.3 is 9.88 Å². The molecule has 1 N–H and O–H groups in total. The number of halogens is 1. The van der Waals surface area contributed by atoms with Crippen molar-refractivity contribution in [2.24, 2.45) is 7.05 Å². The Bertz CT molecular complexity index is 572. The third-order valence-corrected chi connectivity index (χ3v) is 3.09. The Balaban J connectivity index is 2.56. The van der Waals surface area contributed by atoms with E-state index in [1.165, 1.54) is 0 Å². The summed E-state index contributed by atoms with van der Waals surface area (Å²) in [7, 11) is 1.97. The standard InChI is InChI=1S/C13H15BrN2O/c1-8(2)15-13(17)11-6-9(14)7-12-10(11)4-5-16(12)3/h4-8H,1-3H3,(H,15,17). The number of carbonyl (C=O) groups excluding carboxylic acids is 1. The molecule has 4 heteroatoms. The van der Waals surface area contributed by atoms with Gasteiger partial charge in [0, 0.05) is 40.2 Å². The molecule has 0 saturated heterocycles. The maximum atomic E-state index is 12.1. The highest BCUT2D eigenvalue weighted by atomic mass is 79.9. The van der Waals surface area contributed by atoms with Crippen molar-refractivity contribution in [2.45, 2.75) is 19.9 Å². The van der Waals surface area contributed by atoms with Crippen molar-refractivity contribution < 1.29 is 4.79 Å². The second kappa shape index (κ2) is 4.53. The summed E-state index contributed by atoms with van der Waals surface area (Å²) in [4.78, 5) is 12.1. The smallest absolute Gasteiger partial charge is 0.252 e. The van der Waals surface area contributed by atoms with E-state index in [1.54, 1.807) is 0 Å². The number of benzene rings is 1. The van der Waals surface area contributed by atoms with Crippen molar-refractivity contribution in [1.82, 2.24) is 9.88 Å². The zero-order valence-electron chi connectivity index (χ0n) is 10.1. The van der Waals surface area contributed by atoms with Gasteiger partial charge in [0.2, 0.25) is 0 Å². The average molecular weight is 295 g/mol. The van der Waals surface area contributed by atoms with Gasteiger partial charge in [-0.25, -0.2) is 0 Å². The third-order valence-electron chi connectivity index (χ3n) is 2.63. The molecule has 90 valence electrons. The van der Waals surface area contributed by atoms with E-state index in [0.29, 0.717) is 5.56 Å². The summed E-state index contributed by atoms with van der Waals surface area (Å²) in [6.07, 6.45) is 1.96. The first kappa shape index (κ1) is 12.2. The Morgan fingerprint density at radius 2 is 2.12 bits per heavy atom. The van der Waals surface area contributed by atoms with Gasteiger partial charge in [0.15, 0.2) is 0 Å². The van der Waals surface area contributed by atoms with E-state index in [2.05, 4.69) is 21.2 Å². The molecule has 1 heterocycles. The van der Waals surface area contributed by atoms with Crippen LogP contribution < -0.4 is 5.32 Å². The Labute approximate surface area is 109 Å². The predicted molar refractivity (Wildman–Crippen MR) is 73.2 cm³/mol. The molecule has 0 fully saturated rings. The zero-order valence-corrected chi connectivity index (χ0v) is 11.7. The van der Waals surface area contributed by atoms with Gasteiger partial charge in [-0.1, -0.05) is 15.9 Å². The van der Waals surface area contributed by atoms with Crippen LogP contribution in [0.4, 0.5) is 0 Å². The van der Waals surface area contributed by atoms with Crippen LogP contribution in [0.3, 0.4) is 0 Å². The lowest BCUT2D eigenvalue weighted by molar-refractivity contribution is 0.0945. The molecule has 0 aliphatic heterocycles. The Kier molecular flexibility index (Phi) is 3.24. The number of nitrogens with zero attached hydrogens (tertiary/aromatic N) is 1. The molecule has 2 rings (SSSR count). The molecule has 1 aromatic carbocycles. The van der Waals surface area contributed by atoms with E-state index in [9.17, 15) is 4.79 Å². The third kappa shape index (κ3) is 2.36. The SMILES string of the molecule is CC(C)NC(=O)c1cc(Br)cc2c1ccn2C. The Morgan fingerprint density at radius 1 is 1.41 bits per heavy atom. The number of hydrogen-bond acceptors (Lipinski definition) is 1. The van der Waals surface area contributed by atoms with Crippen LogP contribution >= 0.6 is 15.9 Å². The molecular weight excluding hydrogens is 280 g/mol. The molecule has 0 aliphatic carbocycles. The van der Waals surface area contributed by atoms with Crippen molar-refractivity contribution in [1.29, 1.82) is 0 Å². The molecule has 3 nitrogen and oxygen atoms in total. The van der Waals surface area contributed by atoms with Crippen molar-refractivity contribution in [2.75, 3.05) is 0 Å². The van der Waals surface area contributed by atoms with Gasteiger partial charge in [-0.15, -0.1) is 0 Å². The van der Waals surface area contributed by atoms with Gasteiger partial charge in [-0.2, -0.15) is 0 Å². The number of rotatable bonds is 2. The van der Waals surface area contributed by atoms with Crippen LogP contribution in [0.1, 0.15) is 24.2 Å². The highest BCUT2D eigenvalue weighted by molar-refractivity contribution is 9.10. The normalized spacial score (nSPS) is 11.1. The summed E-state index contributed by atoms with van der Waals surface area (Å²) < 4.78 is 2.92. The van der Waals surface area contributed by atoms with Crippen LogP contribution in [0.2, 0.25) is 0 Å². The van der Waals surface area contributed by atoms with Crippen molar-refractivity contribution >= 4 is 32.7 Å². The van der Waals surface area contributed by atoms with Crippen LogP contribution in [-0.2, 0) is 7.05 Å². The van der Waals surface area contributed by atoms with E-state index >= 15 is 0 Å². The molecule has 0 unspecified atom stereocenters. The number of amides is 1. The van der Waals surface area contributed by atoms with E-state index in [-0.39, 0.29) is 11.9 Å². The van der Waals surface area contributed by atoms with E-state index in [0.717, 1.165) is 15.4 Å². The molecule has 0 bridgehead atoms. The minimum absolute atomic E-state index is 0.0301. The quantitative estimate of drug-likeness (QED) is 0.907. The maximum absolute atomic E-state index is 12.1. The predicted octanol–water partition coefficient (Wildman–Crippen LogP) is 3.08. The van der Waals surface area contributed by atoms with Gasteiger partial charge >= 0.3 is 0 Å². The number of hydrogen-bond donors (Lipinski definition) is 1. The summed E-state index contributed by atoms with van der Waals surface area (Å²) in [6.45, 7) is 3.91. The highest BCUT2D eigenvalue weighted by Crippen LogP contribution is 2.25. The van der Waals surface area contributed by atoms with Gasteiger partial charge in [-0.05, 0) is 32.0 Å². The van der Waals surface area contributed by atoms with Gasteiger partial charge in [0.25, 0.3) is 5.91 Å². The molecule has 0 spiro atoms. The molecule has 0 saturated carbocycles. The number of aryl methyl sites for hydroxylation is 1. The zero-order chi connectivity index (χ0) is 12.6. The van der Waals surface area contributed by atoms with Crippen LogP contribution in [0.25, 0.3) is 10.9 Å². The van der Waals surface area contributed by atoms with Crippen LogP contribution in [-0.4, -0.2) is 16.5 Å². The van der Waals surface area contributed by atoms with Gasteiger partial charge in [0.1, 0.15) is 0 Å². The highest BCUT2D eigenvalue weighted by Gasteiger charge is 2.13. The first-order valence-electron chi connectivity index (χ1n) is 5.54. The molecule has 0 radical (unpaired) electrons. The fourth-order valence-corrected chi connectivity index (χ4v) is 2.31. The molecule has 0 atom stereocenters. The van der Waals surface area contributed by atoms with E-state index < -0.39 is 0 Å². The molecule has 17 heavy (non-hydrogen) atoms. The van der Waals surface area contributed by atoms with Gasteiger partial charge in [-0.3, -0.25) is 4.79 Å². The lowest BCUT2D eigenvalue weighted by Crippen LogP contribution is -2.30. The summed E-state index contributed by atoms with van der Waals surface area (Å²) >= 11 is 3.44. The van der Waals surface area contributed by atoms with Gasteiger partial charge in [0.05, 0.1) is 0 Å². The monoisotopic (exact) mass is 294 g/mol. The first-order chi connectivity index (χ1) is 7.99. The molecule has 2 aromatic rings. The van der Waals surface area contributed by atoms with E-state index in [4.69, 9.17) is 0 Å². The number of carbonyl (C=O) groups is 1. The number of fused-ring (bicyclic) bond motifs is 1. The molecule has 1 aromatic heterocycles. The number of nitrogens with one attached hydrogen (secondary N) is 1. The summed E-state index contributed by atoms with van der Waals surface area (Å²) in [5, 5.41) is 3.90. The van der Waals surface area contributed by atoms with Crippen molar-refractivity contribution in [3.8, 4) is 0 Å². The first-order valence-corrected chi connectivity index (χ1v) is 6.34. The summed E-state index contributed by atoms with van der Waals surface area (Å²) in [6, 6.07) is 5.98. The Morgan fingerprint density at radius 3 is 2.76 bits per heavy atom. The topological polar surface area (TPSA) is 34.0 Å². The summed E-state index contributed by atoms with van der Waals surface area (Å²) in [5.41, 5.74) is 1.76. The van der Waals surface area contributed by atoms with Crippen molar-refractivity contribution in [3.05, 3.63) is 34.4 Å². The van der Waals surface area contributed by atoms with Crippen LogP contribution in [0.5, 0.6) is 0 Å². The molecule has 1 amide bonds. The second-order valence-electron chi connectivity index (χ2n) is 4.44. The largest absolute Gasteiger partial charge is 0.350 e. The minimum atomic E-state index is -0.0301. The molecule has 0 aliphatic rings. The lowest BCUT2D eigenvalue weighted by atomic mass is 10.1. The summed E-state index contributed by atoms with van der Waals surface area (Å²) in [5.74, 6) is -0.0301. The Hall–Kier alpha value is -1.29. The van der Waals surface area contributed by atoms with E-state index in [1.807, 2.05) is 49.9 Å². The lowest BCUT2D eigenvalue weighted by Gasteiger charge is -2.10. The van der Waals surface area contributed by atoms with Crippen molar-refractivity contribution in [3.63, 3.8) is 0 Å². The molecular formula is C13H15BrN2O. The second-order valence-corrected chi connectivity index (χ2v) is 5.36. The maximum Gasteiger partial charge on any atom is 0.252 e. The fourth-order valence-electron chi connectivity index (χ4n) is 1.87. The van der Waals surface area contributed by atoms with Crippen LogP contribution in [0.15, 0.2) is 28.9 Å². The average Bonchev–Trinajstić information content (AvgIpc) is 2.58. The van der Waals surface area contributed by atoms with Crippen LogP contribution in [0, 0.1) is 0 Å².